The summed E-state index contributed by atoms with van der Waals surface area (Å²) >= 11 is 0. The summed E-state index contributed by atoms with van der Waals surface area (Å²) < 4.78 is 0. The molecule has 0 radical (unpaired) electrons. The second-order valence-electron chi connectivity index (χ2n) is 2.99. The Morgan fingerprint density at radius 2 is 2.08 bits per heavy atom. The highest BCUT2D eigenvalue weighted by atomic mass is 14.6. The fraction of sp³-hybridized carbons (Fsp3) is 0.400. The second-order valence-corrected chi connectivity index (χ2v) is 2.99. The molecule has 0 amide bonds. The molecule has 0 fully saturated rings. The van der Waals surface area contributed by atoms with Crippen LogP contribution in [0.15, 0.2) is 18.2 Å². The molecule has 0 aliphatic carbocycles. The lowest BCUT2D eigenvalue weighted by Gasteiger charge is -2.05. The Morgan fingerprint density at radius 3 is 2.67 bits per heavy atom. The molecule has 0 aliphatic heterocycles. The first-order valence-electron chi connectivity index (χ1n) is 4.35. The first kappa shape index (κ1) is 9.07. The van der Waals surface area contributed by atoms with Gasteiger partial charge in [-0.3, -0.25) is 0 Å². The van der Waals surface area contributed by atoms with Crippen molar-refractivity contribution in [2.24, 2.45) is 5.73 Å². The monoisotopic (exact) mass is 164 g/mol. The van der Waals surface area contributed by atoms with Crippen LogP contribution in [-0.2, 0) is 13.0 Å². The van der Waals surface area contributed by atoms with Gasteiger partial charge in [-0.1, -0.05) is 25.5 Å². The van der Waals surface area contributed by atoms with Crippen molar-refractivity contribution in [3.8, 4) is 0 Å². The van der Waals surface area contributed by atoms with Crippen molar-refractivity contribution in [2.45, 2.75) is 26.3 Å². The van der Waals surface area contributed by atoms with E-state index in [1.165, 1.54) is 5.56 Å². The molecule has 1 aromatic rings. The smallest absolute Gasteiger partial charge is 0.0359 e. The first-order chi connectivity index (χ1) is 5.77. The van der Waals surface area contributed by atoms with Crippen LogP contribution < -0.4 is 11.5 Å². The Bertz CT molecular complexity index is 256. The van der Waals surface area contributed by atoms with E-state index in [9.17, 15) is 0 Å². The van der Waals surface area contributed by atoms with Gasteiger partial charge in [-0.25, -0.2) is 0 Å². The molecule has 0 aliphatic rings. The zero-order valence-corrected chi connectivity index (χ0v) is 7.51. The van der Waals surface area contributed by atoms with Crippen LogP contribution in [0.5, 0.6) is 0 Å². The average molecular weight is 164 g/mol. The molecule has 0 atom stereocenters. The van der Waals surface area contributed by atoms with Crippen LogP contribution in [0.2, 0.25) is 0 Å². The topological polar surface area (TPSA) is 52.0 Å². The number of benzene rings is 1. The lowest BCUT2D eigenvalue weighted by molar-refractivity contribution is 0.916. The van der Waals surface area contributed by atoms with E-state index in [0.29, 0.717) is 6.54 Å². The Kier molecular flexibility index (Phi) is 3.11. The van der Waals surface area contributed by atoms with Gasteiger partial charge in [0.1, 0.15) is 0 Å². The van der Waals surface area contributed by atoms with Crippen LogP contribution in [-0.4, -0.2) is 0 Å². The summed E-state index contributed by atoms with van der Waals surface area (Å²) in [5.74, 6) is 0. The van der Waals surface area contributed by atoms with Gasteiger partial charge in [0.05, 0.1) is 0 Å². The van der Waals surface area contributed by atoms with Crippen molar-refractivity contribution in [1.82, 2.24) is 0 Å². The Morgan fingerprint density at radius 1 is 1.33 bits per heavy atom. The molecule has 0 saturated carbocycles. The maximum absolute atomic E-state index is 5.72. The van der Waals surface area contributed by atoms with E-state index in [2.05, 4.69) is 19.1 Å². The van der Waals surface area contributed by atoms with E-state index in [0.717, 1.165) is 24.1 Å². The SMILES string of the molecule is CCCc1ccc(N)c(CN)c1. The summed E-state index contributed by atoms with van der Waals surface area (Å²) in [6.45, 7) is 2.70. The van der Waals surface area contributed by atoms with Crippen molar-refractivity contribution in [3.05, 3.63) is 29.3 Å². The van der Waals surface area contributed by atoms with Gasteiger partial charge in [0.25, 0.3) is 0 Å². The van der Waals surface area contributed by atoms with Gasteiger partial charge < -0.3 is 11.5 Å². The molecule has 0 spiro atoms. The molecule has 0 bridgehead atoms. The lowest BCUT2D eigenvalue weighted by atomic mass is 10.1. The van der Waals surface area contributed by atoms with Gasteiger partial charge in [0, 0.05) is 12.2 Å². The number of hydrogen-bond donors (Lipinski definition) is 2. The summed E-state index contributed by atoms with van der Waals surface area (Å²) in [7, 11) is 0. The summed E-state index contributed by atoms with van der Waals surface area (Å²) in [6, 6.07) is 6.10. The van der Waals surface area contributed by atoms with Crippen LogP contribution in [0.1, 0.15) is 24.5 Å². The Hall–Kier alpha value is -1.02. The standard InChI is InChI=1S/C10H16N2/c1-2-3-8-4-5-10(12)9(6-8)7-11/h4-6H,2-3,7,11-12H2,1H3. The molecule has 4 N–H and O–H groups in total. The third-order valence-corrected chi connectivity index (χ3v) is 1.97. The summed E-state index contributed by atoms with van der Waals surface area (Å²) in [5.41, 5.74) is 14.4. The van der Waals surface area contributed by atoms with Crippen molar-refractivity contribution in [1.29, 1.82) is 0 Å². The van der Waals surface area contributed by atoms with Crippen molar-refractivity contribution < 1.29 is 0 Å². The number of rotatable bonds is 3. The van der Waals surface area contributed by atoms with Crippen LogP contribution in [0, 0.1) is 0 Å². The molecular formula is C10H16N2. The molecule has 66 valence electrons. The summed E-state index contributed by atoms with van der Waals surface area (Å²) in [5, 5.41) is 0. The maximum atomic E-state index is 5.72. The van der Waals surface area contributed by atoms with Crippen molar-refractivity contribution in [3.63, 3.8) is 0 Å². The Labute approximate surface area is 73.6 Å². The van der Waals surface area contributed by atoms with Crippen molar-refractivity contribution in [2.75, 3.05) is 5.73 Å². The number of anilines is 1. The largest absolute Gasteiger partial charge is 0.398 e. The van der Waals surface area contributed by atoms with Gasteiger partial charge in [-0.05, 0) is 23.6 Å². The van der Waals surface area contributed by atoms with E-state index in [1.807, 2.05) is 6.07 Å². The molecule has 0 saturated heterocycles. The van der Waals surface area contributed by atoms with Crippen LogP contribution in [0.3, 0.4) is 0 Å². The van der Waals surface area contributed by atoms with E-state index in [-0.39, 0.29) is 0 Å². The molecule has 2 nitrogen and oxygen atoms in total. The molecule has 1 aromatic carbocycles. The minimum Gasteiger partial charge on any atom is -0.398 e. The normalized spacial score (nSPS) is 10.2. The molecule has 0 aromatic heterocycles. The van der Waals surface area contributed by atoms with Gasteiger partial charge >= 0.3 is 0 Å². The highest BCUT2D eigenvalue weighted by molar-refractivity contribution is 5.48. The third-order valence-electron chi connectivity index (χ3n) is 1.97. The van der Waals surface area contributed by atoms with Gasteiger partial charge in [-0.2, -0.15) is 0 Å². The highest BCUT2D eigenvalue weighted by Gasteiger charge is 1.97. The van der Waals surface area contributed by atoms with Gasteiger partial charge in [0.15, 0.2) is 0 Å². The Balaban J connectivity index is 2.89. The molecule has 1 rings (SSSR count). The van der Waals surface area contributed by atoms with E-state index in [4.69, 9.17) is 11.5 Å². The van der Waals surface area contributed by atoms with Gasteiger partial charge in [-0.15, -0.1) is 0 Å². The third kappa shape index (κ3) is 1.98. The zero-order valence-electron chi connectivity index (χ0n) is 7.51. The summed E-state index contributed by atoms with van der Waals surface area (Å²) in [4.78, 5) is 0. The number of aryl methyl sites for hydroxylation is 1. The minimum atomic E-state index is 0.531. The fourth-order valence-electron chi connectivity index (χ4n) is 1.28. The first-order valence-corrected chi connectivity index (χ1v) is 4.35. The molecular weight excluding hydrogens is 148 g/mol. The van der Waals surface area contributed by atoms with Crippen LogP contribution in [0.25, 0.3) is 0 Å². The molecule has 0 unspecified atom stereocenters. The second kappa shape index (κ2) is 4.12. The zero-order chi connectivity index (χ0) is 8.97. The predicted octanol–water partition coefficient (Wildman–Crippen LogP) is 1.68. The highest BCUT2D eigenvalue weighted by Crippen LogP contribution is 2.14. The predicted molar refractivity (Wildman–Crippen MR) is 52.7 cm³/mol. The van der Waals surface area contributed by atoms with E-state index < -0.39 is 0 Å². The van der Waals surface area contributed by atoms with E-state index in [1.54, 1.807) is 0 Å². The molecule has 2 heteroatoms. The number of nitrogens with two attached hydrogens (primary N) is 2. The fourth-order valence-corrected chi connectivity index (χ4v) is 1.28. The quantitative estimate of drug-likeness (QED) is 0.668. The summed E-state index contributed by atoms with van der Waals surface area (Å²) in [6.07, 6.45) is 2.27. The number of nitrogen functional groups attached to an aromatic ring is 1. The minimum absolute atomic E-state index is 0.531. The van der Waals surface area contributed by atoms with Crippen LogP contribution in [0.4, 0.5) is 5.69 Å². The molecule has 12 heavy (non-hydrogen) atoms. The number of hydrogen-bond acceptors (Lipinski definition) is 2. The maximum Gasteiger partial charge on any atom is 0.0359 e. The average Bonchev–Trinajstić information content (AvgIpc) is 2.09. The van der Waals surface area contributed by atoms with Gasteiger partial charge in [0.2, 0.25) is 0 Å². The van der Waals surface area contributed by atoms with Crippen molar-refractivity contribution >= 4 is 5.69 Å². The van der Waals surface area contributed by atoms with Crippen LogP contribution >= 0.6 is 0 Å². The van der Waals surface area contributed by atoms with E-state index >= 15 is 0 Å². The molecule has 0 heterocycles. The lowest BCUT2D eigenvalue weighted by Crippen LogP contribution is -2.02.